The number of likely N-dealkylation sites (tertiary alicyclic amines) is 1. The van der Waals surface area contributed by atoms with E-state index in [1.54, 1.807) is 4.90 Å². The third kappa shape index (κ3) is 3.63. The summed E-state index contributed by atoms with van der Waals surface area (Å²) in [5.74, 6) is -1.09. The Kier molecular flexibility index (Phi) is 4.69. The summed E-state index contributed by atoms with van der Waals surface area (Å²) in [6.07, 6.45) is 1.74. The van der Waals surface area contributed by atoms with Gasteiger partial charge in [-0.15, -0.1) is 0 Å². The van der Waals surface area contributed by atoms with Crippen molar-refractivity contribution in [1.82, 2.24) is 10.2 Å². The predicted octanol–water partition coefficient (Wildman–Crippen LogP) is 3.32. The molecule has 2 saturated heterocycles. The Balaban J connectivity index is 1.65. The number of amides is 1. The number of alkyl halides is 2. The van der Waals surface area contributed by atoms with Crippen molar-refractivity contribution in [3.05, 3.63) is 23.7 Å². The van der Waals surface area contributed by atoms with Crippen molar-refractivity contribution >= 4 is 5.91 Å². The van der Waals surface area contributed by atoms with Crippen LogP contribution in [0.5, 0.6) is 0 Å². The van der Waals surface area contributed by atoms with Crippen molar-refractivity contribution in [3.8, 4) is 0 Å². The van der Waals surface area contributed by atoms with Crippen molar-refractivity contribution in [2.75, 3.05) is 26.2 Å². The van der Waals surface area contributed by atoms with E-state index >= 15 is 0 Å². The van der Waals surface area contributed by atoms with E-state index in [4.69, 9.17) is 4.42 Å². The van der Waals surface area contributed by atoms with Gasteiger partial charge in [0, 0.05) is 25.4 Å². The fraction of sp³-hybridized carbons (Fsp3) is 0.722. The van der Waals surface area contributed by atoms with Gasteiger partial charge in [0.15, 0.2) is 0 Å². The summed E-state index contributed by atoms with van der Waals surface area (Å²) in [6, 6.07) is 3.86. The first kappa shape index (κ1) is 17.4. The van der Waals surface area contributed by atoms with Crippen LogP contribution in [0.2, 0.25) is 0 Å². The van der Waals surface area contributed by atoms with Gasteiger partial charge in [-0.3, -0.25) is 9.69 Å². The molecule has 2 aliphatic rings. The van der Waals surface area contributed by atoms with E-state index in [0.717, 1.165) is 24.4 Å². The molecule has 24 heavy (non-hydrogen) atoms. The molecule has 0 aromatic carbocycles. The molecule has 1 N–H and O–H groups in total. The van der Waals surface area contributed by atoms with Crippen molar-refractivity contribution < 1.29 is 18.0 Å². The number of hydrogen-bond donors (Lipinski definition) is 1. The average molecular weight is 340 g/mol. The van der Waals surface area contributed by atoms with E-state index in [-0.39, 0.29) is 24.8 Å². The van der Waals surface area contributed by atoms with E-state index in [0.29, 0.717) is 26.1 Å². The molecular weight excluding hydrogens is 314 g/mol. The number of hydrogen-bond acceptors (Lipinski definition) is 3. The van der Waals surface area contributed by atoms with Gasteiger partial charge in [-0.25, -0.2) is 8.78 Å². The monoisotopic (exact) mass is 340 g/mol. The summed E-state index contributed by atoms with van der Waals surface area (Å²) in [7, 11) is 0. The van der Waals surface area contributed by atoms with Crippen LogP contribution in [0, 0.1) is 12.3 Å². The molecule has 2 aliphatic heterocycles. The predicted molar refractivity (Wildman–Crippen MR) is 87.2 cm³/mol. The van der Waals surface area contributed by atoms with Gasteiger partial charge in [0.1, 0.15) is 11.5 Å². The average Bonchev–Trinajstić information content (AvgIpc) is 2.93. The molecule has 1 spiro atoms. The number of halogens is 2. The van der Waals surface area contributed by atoms with Crippen molar-refractivity contribution in [2.24, 2.45) is 5.41 Å². The maximum absolute atomic E-state index is 14.3. The fourth-order valence-corrected chi connectivity index (χ4v) is 4.06. The Bertz CT molecular complexity index is 602. The smallest absolute Gasteiger partial charge is 0.261 e. The second kappa shape index (κ2) is 6.47. The molecule has 1 aromatic heterocycles. The second-order valence-corrected chi connectivity index (χ2v) is 7.52. The molecule has 0 bridgehead atoms. The summed E-state index contributed by atoms with van der Waals surface area (Å²) in [5, 5.41) is 2.78. The van der Waals surface area contributed by atoms with Crippen molar-refractivity contribution in [1.29, 1.82) is 0 Å². The molecule has 0 aliphatic carbocycles. The zero-order valence-electron chi connectivity index (χ0n) is 14.4. The van der Waals surface area contributed by atoms with Crippen LogP contribution in [0.3, 0.4) is 0 Å². The lowest BCUT2D eigenvalue weighted by Crippen LogP contribution is -2.60. The van der Waals surface area contributed by atoms with Crippen LogP contribution in [0.25, 0.3) is 0 Å². The number of carbonyl (C=O) groups excluding carboxylic acids is 1. The van der Waals surface area contributed by atoms with E-state index in [2.05, 4.69) is 5.32 Å². The summed E-state index contributed by atoms with van der Waals surface area (Å²) in [4.78, 5) is 14.0. The molecule has 0 saturated carbocycles. The quantitative estimate of drug-likeness (QED) is 0.914. The normalized spacial score (nSPS) is 28.8. The first-order valence-electron chi connectivity index (χ1n) is 8.75. The molecule has 2 atom stereocenters. The fourth-order valence-electron chi connectivity index (χ4n) is 4.06. The molecule has 6 heteroatoms. The zero-order valence-corrected chi connectivity index (χ0v) is 14.4. The van der Waals surface area contributed by atoms with E-state index in [1.807, 2.05) is 26.0 Å². The highest BCUT2D eigenvalue weighted by Crippen LogP contribution is 2.43. The molecule has 3 rings (SSSR count). The SMILES string of the molecule is Cc1ccc(C(C)CCN2CC(F)(F)CC3(CCCNC3=O)C2)o1. The summed E-state index contributed by atoms with van der Waals surface area (Å²) in [5.41, 5.74) is -0.926. The van der Waals surface area contributed by atoms with Gasteiger partial charge in [0.25, 0.3) is 5.92 Å². The molecule has 4 nitrogen and oxygen atoms in total. The van der Waals surface area contributed by atoms with E-state index < -0.39 is 11.3 Å². The van der Waals surface area contributed by atoms with Gasteiger partial charge in [0.2, 0.25) is 5.91 Å². The number of rotatable bonds is 4. The van der Waals surface area contributed by atoms with Crippen LogP contribution in [-0.2, 0) is 4.79 Å². The van der Waals surface area contributed by atoms with Crippen LogP contribution < -0.4 is 5.32 Å². The minimum atomic E-state index is -2.81. The van der Waals surface area contributed by atoms with Gasteiger partial charge < -0.3 is 9.73 Å². The van der Waals surface area contributed by atoms with Crippen LogP contribution >= 0.6 is 0 Å². The lowest BCUT2D eigenvalue weighted by atomic mass is 9.72. The minimum absolute atomic E-state index is 0.172. The van der Waals surface area contributed by atoms with Gasteiger partial charge in [-0.05, 0) is 44.9 Å². The van der Waals surface area contributed by atoms with Crippen molar-refractivity contribution in [2.45, 2.75) is 51.4 Å². The maximum Gasteiger partial charge on any atom is 0.261 e. The lowest BCUT2D eigenvalue weighted by Gasteiger charge is -2.47. The van der Waals surface area contributed by atoms with Crippen LogP contribution in [0.15, 0.2) is 16.5 Å². The Morgan fingerprint density at radius 2 is 2.17 bits per heavy atom. The standard InChI is InChI=1S/C18H26F2N2O2/c1-13(15-5-4-14(2)24-15)6-9-22-11-17(10-18(19,20)12-22)7-3-8-21-16(17)23/h4-5,13H,3,6-12H2,1-2H3,(H,21,23). The molecule has 1 amide bonds. The number of piperidine rings is 2. The second-order valence-electron chi connectivity index (χ2n) is 7.52. The molecule has 3 heterocycles. The molecule has 134 valence electrons. The van der Waals surface area contributed by atoms with Gasteiger partial charge in [0.05, 0.1) is 12.0 Å². The van der Waals surface area contributed by atoms with Gasteiger partial charge >= 0.3 is 0 Å². The molecule has 2 fully saturated rings. The highest BCUT2D eigenvalue weighted by atomic mass is 19.3. The summed E-state index contributed by atoms with van der Waals surface area (Å²) in [6.45, 7) is 5.26. The number of nitrogens with zero attached hydrogens (tertiary/aromatic N) is 1. The third-order valence-electron chi connectivity index (χ3n) is 5.30. The number of furan rings is 1. The van der Waals surface area contributed by atoms with Crippen LogP contribution in [0.4, 0.5) is 8.78 Å². The first-order chi connectivity index (χ1) is 11.3. The van der Waals surface area contributed by atoms with Crippen LogP contribution in [0.1, 0.15) is 50.0 Å². The summed E-state index contributed by atoms with van der Waals surface area (Å²) >= 11 is 0. The largest absolute Gasteiger partial charge is 0.466 e. The number of nitrogens with one attached hydrogen (secondary N) is 1. The Hall–Kier alpha value is -1.43. The highest BCUT2D eigenvalue weighted by Gasteiger charge is 2.53. The number of aryl methyl sites for hydroxylation is 1. The maximum atomic E-state index is 14.3. The van der Waals surface area contributed by atoms with Crippen molar-refractivity contribution in [3.63, 3.8) is 0 Å². The molecule has 1 aromatic rings. The lowest BCUT2D eigenvalue weighted by molar-refractivity contribution is -0.157. The van der Waals surface area contributed by atoms with Crippen LogP contribution in [-0.4, -0.2) is 42.9 Å². The topological polar surface area (TPSA) is 45.5 Å². The molecule has 0 radical (unpaired) electrons. The minimum Gasteiger partial charge on any atom is -0.466 e. The van der Waals surface area contributed by atoms with Gasteiger partial charge in [-0.1, -0.05) is 6.92 Å². The Morgan fingerprint density at radius 1 is 1.38 bits per heavy atom. The summed E-state index contributed by atoms with van der Waals surface area (Å²) < 4.78 is 34.2. The Labute approximate surface area is 141 Å². The third-order valence-corrected chi connectivity index (χ3v) is 5.30. The molecule has 2 unspecified atom stereocenters. The van der Waals surface area contributed by atoms with Gasteiger partial charge in [-0.2, -0.15) is 0 Å². The first-order valence-corrected chi connectivity index (χ1v) is 8.75. The number of carbonyl (C=O) groups is 1. The zero-order chi connectivity index (χ0) is 17.4. The van der Waals surface area contributed by atoms with E-state index in [9.17, 15) is 13.6 Å². The molecular formula is C18H26F2N2O2. The highest BCUT2D eigenvalue weighted by molar-refractivity contribution is 5.83. The van der Waals surface area contributed by atoms with E-state index in [1.165, 1.54) is 0 Å². The Morgan fingerprint density at radius 3 is 2.83 bits per heavy atom.